The third-order valence-electron chi connectivity index (χ3n) is 0.368. The summed E-state index contributed by atoms with van der Waals surface area (Å²) in [6.45, 7) is 0.322. The molecule has 0 aromatic rings. The van der Waals surface area contributed by atoms with Crippen molar-refractivity contribution in [1.82, 2.24) is 0 Å². The molecule has 0 bridgehead atoms. The highest BCUT2D eigenvalue weighted by molar-refractivity contribution is 5.85. The van der Waals surface area contributed by atoms with Crippen molar-refractivity contribution in [3.05, 3.63) is 0 Å². The molecular weight excluding hydrogens is 128 g/mol. The molecule has 0 rings (SSSR count). The van der Waals surface area contributed by atoms with Crippen LogP contribution in [-0.4, -0.2) is 19.4 Å². The van der Waals surface area contributed by atoms with Crippen molar-refractivity contribution in [2.24, 2.45) is 0 Å². The number of hydrogen-bond donors (Lipinski definition) is 1. The fourth-order valence-corrected chi connectivity index (χ4v) is 0.163. The van der Waals surface area contributed by atoms with Crippen molar-refractivity contribution in [1.29, 1.82) is 10.7 Å². The highest BCUT2D eigenvalue weighted by Crippen LogP contribution is 1.64. The number of nitrogens with zero attached hydrogens (tertiary/aromatic N) is 1. The summed E-state index contributed by atoms with van der Waals surface area (Å²) in [6, 6.07) is 1.78. The van der Waals surface area contributed by atoms with Crippen LogP contribution in [0.4, 0.5) is 0 Å². The molecule has 1 N–H and O–H groups in total. The molecule has 0 fully saturated rings. The van der Waals surface area contributed by atoms with Crippen molar-refractivity contribution in [2.45, 2.75) is 0 Å². The van der Waals surface area contributed by atoms with E-state index in [0.717, 1.165) is 6.21 Å². The van der Waals surface area contributed by atoms with E-state index >= 15 is 0 Å². The van der Waals surface area contributed by atoms with E-state index in [1.54, 1.807) is 6.07 Å². The monoisotopic (exact) mass is 134 g/mol. The number of nitriles is 1. The van der Waals surface area contributed by atoms with Crippen LogP contribution < -0.4 is 0 Å². The second kappa shape index (κ2) is 9.65. The summed E-state index contributed by atoms with van der Waals surface area (Å²) in [7, 11) is 0. The predicted molar refractivity (Wildman–Crippen MR) is 32.5 cm³/mol. The van der Waals surface area contributed by atoms with Gasteiger partial charge in [0.05, 0.1) is 12.7 Å². The standard InChI is InChI=1S/C4H6N2O.ClH/c5-1-3-7-4-2-6;/h1,5H,3-4H2;1H. The van der Waals surface area contributed by atoms with Gasteiger partial charge in [-0.25, -0.2) is 0 Å². The minimum absolute atomic E-state index is 0. The van der Waals surface area contributed by atoms with E-state index in [0.29, 0.717) is 0 Å². The van der Waals surface area contributed by atoms with E-state index in [1.165, 1.54) is 0 Å². The Morgan fingerprint density at radius 2 is 2.38 bits per heavy atom. The summed E-state index contributed by atoms with van der Waals surface area (Å²) in [5.41, 5.74) is 0. The van der Waals surface area contributed by atoms with Crippen LogP contribution in [0.5, 0.6) is 0 Å². The Kier molecular flexibility index (Phi) is 12.5. The van der Waals surface area contributed by atoms with Gasteiger partial charge in [0, 0.05) is 6.21 Å². The Hall–Kier alpha value is -0.590. The molecule has 0 aromatic heterocycles. The predicted octanol–water partition coefficient (Wildman–Crippen LogP) is 0.598. The summed E-state index contributed by atoms with van der Waals surface area (Å²) >= 11 is 0. The van der Waals surface area contributed by atoms with E-state index in [9.17, 15) is 0 Å². The molecule has 0 aliphatic rings. The maximum atomic E-state index is 7.84. The lowest BCUT2D eigenvalue weighted by molar-refractivity contribution is 0.211. The third kappa shape index (κ3) is 9.05. The molecular formula is C4H7ClN2O. The first-order valence-corrected chi connectivity index (χ1v) is 1.85. The average molecular weight is 135 g/mol. The molecule has 46 valence electrons. The van der Waals surface area contributed by atoms with Gasteiger partial charge in [-0.1, -0.05) is 0 Å². The van der Waals surface area contributed by atoms with Gasteiger partial charge in [0.25, 0.3) is 0 Å². The van der Waals surface area contributed by atoms with Crippen LogP contribution in [0.2, 0.25) is 0 Å². The second-order valence-corrected chi connectivity index (χ2v) is 0.877. The van der Waals surface area contributed by atoms with Gasteiger partial charge < -0.3 is 10.1 Å². The molecule has 0 aliphatic carbocycles. The van der Waals surface area contributed by atoms with Crippen LogP contribution in [0.15, 0.2) is 0 Å². The molecule has 0 radical (unpaired) electrons. The van der Waals surface area contributed by atoms with Crippen molar-refractivity contribution in [3.8, 4) is 6.07 Å². The van der Waals surface area contributed by atoms with Crippen molar-refractivity contribution < 1.29 is 4.74 Å². The van der Waals surface area contributed by atoms with Gasteiger partial charge in [-0.05, 0) is 0 Å². The first kappa shape index (κ1) is 10.4. The van der Waals surface area contributed by atoms with Gasteiger partial charge in [-0.15, -0.1) is 12.4 Å². The highest BCUT2D eigenvalue weighted by Gasteiger charge is 1.74. The second-order valence-electron chi connectivity index (χ2n) is 0.877. The molecule has 4 heteroatoms. The molecule has 0 heterocycles. The minimum atomic E-state index is 0. The lowest BCUT2D eigenvalue weighted by Gasteiger charge is -1.85. The fourth-order valence-electron chi connectivity index (χ4n) is 0.163. The smallest absolute Gasteiger partial charge is 0.134 e. The van der Waals surface area contributed by atoms with Crippen LogP contribution in [0.3, 0.4) is 0 Å². The molecule has 8 heavy (non-hydrogen) atoms. The highest BCUT2D eigenvalue weighted by atomic mass is 35.5. The maximum Gasteiger partial charge on any atom is 0.134 e. The number of ether oxygens (including phenoxy) is 1. The lowest BCUT2D eigenvalue weighted by atomic mass is 10.7. The number of rotatable bonds is 3. The Balaban J connectivity index is 0. The average Bonchev–Trinajstić information content (AvgIpc) is 1.69. The zero-order valence-corrected chi connectivity index (χ0v) is 5.07. The molecule has 0 amide bonds. The summed E-state index contributed by atoms with van der Waals surface area (Å²) in [6.07, 6.45) is 1.11. The van der Waals surface area contributed by atoms with E-state index in [2.05, 4.69) is 4.74 Å². The summed E-state index contributed by atoms with van der Waals surface area (Å²) < 4.78 is 4.53. The summed E-state index contributed by atoms with van der Waals surface area (Å²) in [4.78, 5) is 0. The first-order valence-electron chi connectivity index (χ1n) is 1.85. The Morgan fingerprint density at radius 3 is 2.75 bits per heavy atom. The molecule has 0 unspecified atom stereocenters. The first-order chi connectivity index (χ1) is 3.41. The zero-order valence-electron chi connectivity index (χ0n) is 4.26. The summed E-state index contributed by atoms with van der Waals surface area (Å²) in [5, 5.41) is 14.3. The molecule has 0 saturated heterocycles. The lowest BCUT2D eigenvalue weighted by Crippen LogP contribution is -1.93. The van der Waals surface area contributed by atoms with Crippen LogP contribution in [0.1, 0.15) is 0 Å². The molecule has 0 atom stereocenters. The quantitative estimate of drug-likeness (QED) is 0.454. The fraction of sp³-hybridized carbons (Fsp3) is 0.500. The van der Waals surface area contributed by atoms with Gasteiger partial charge in [-0.2, -0.15) is 5.26 Å². The zero-order chi connectivity index (χ0) is 5.54. The molecule has 0 aliphatic heterocycles. The van der Waals surface area contributed by atoms with Gasteiger partial charge in [0.2, 0.25) is 0 Å². The summed E-state index contributed by atoms with van der Waals surface area (Å²) in [5.74, 6) is 0. The van der Waals surface area contributed by atoms with E-state index < -0.39 is 0 Å². The molecule has 0 aromatic carbocycles. The largest absolute Gasteiger partial charge is 0.361 e. The van der Waals surface area contributed by atoms with Crippen molar-refractivity contribution in [3.63, 3.8) is 0 Å². The van der Waals surface area contributed by atoms with E-state index in [-0.39, 0.29) is 25.6 Å². The number of hydrogen-bond acceptors (Lipinski definition) is 3. The van der Waals surface area contributed by atoms with E-state index in [4.69, 9.17) is 10.7 Å². The van der Waals surface area contributed by atoms with Crippen molar-refractivity contribution >= 4 is 18.6 Å². The Bertz CT molecular complexity index is 88.5. The maximum absolute atomic E-state index is 7.84. The van der Waals surface area contributed by atoms with Crippen LogP contribution in [0.25, 0.3) is 0 Å². The van der Waals surface area contributed by atoms with Crippen LogP contribution in [-0.2, 0) is 4.74 Å². The van der Waals surface area contributed by atoms with Gasteiger partial charge in [-0.3, -0.25) is 0 Å². The topological polar surface area (TPSA) is 56.9 Å². The Labute approximate surface area is 54.2 Å². The van der Waals surface area contributed by atoms with Gasteiger partial charge in [0.15, 0.2) is 0 Å². The minimum Gasteiger partial charge on any atom is -0.361 e. The number of nitrogens with one attached hydrogen (secondary N) is 1. The number of halogens is 1. The third-order valence-corrected chi connectivity index (χ3v) is 0.368. The van der Waals surface area contributed by atoms with Crippen LogP contribution >= 0.6 is 12.4 Å². The molecule has 3 nitrogen and oxygen atoms in total. The van der Waals surface area contributed by atoms with Gasteiger partial charge in [0.1, 0.15) is 6.61 Å². The normalized spacial score (nSPS) is 6.38. The van der Waals surface area contributed by atoms with E-state index in [1.807, 2.05) is 0 Å². The van der Waals surface area contributed by atoms with Crippen molar-refractivity contribution in [2.75, 3.05) is 13.2 Å². The van der Waals surface area contributed by atoms with Gasteiger partial charge >= 0.3 is 0 Å². The SMILES string of the molecule is Cl.N#CCOCC=N. The Morgan fingerprint density at radius 1 is 1.75 bits per heavy atom. The molecule has 0 saturated carbocycles. The van der Waals surface area contributed by atoms with Crippen LogP contribution in [0, 0.1) is 16.7 Å². The molecule has 0 spiro atoms.